The van der Waals surface area contributed by atoms with Gasteiger partial charge in [-0.2, -0.15) is 0 Å². The van der Waals surface area contributed by atoms with E-state index in [1.807, 2.05) is 7.11 Å². The smallest absolute Gasteiger partial charge is 0.262 e. The van der Waals surface area contributed by atoms with Gasteiger partial charge in [0.15, 0.2) is 32.9 Å². The zero-order valence-electron chi connectivity index (χ0n) is 63.9. The van der Waals surface area contributed by atoms with Crippen LogP contribution in [0.3, 0.4) is 0 Å². The summed E-state index contributed by atoms with van der Waals surface area (Å²) in [5, 5.41) is 15.6. The Kier molecular flexibility index (Phi) is 27.9. The lowest BCUT2D eigenvalue weighted by Crippen LogP contribution is -2.56. The number of thioether (sulfide) groups is 1. The number of rotatable bonds is 10. The van der Waals surface area contributed by atoms with Crippen LogP contribution in [0.1, 0.15) is 261 Å². The highest BCUT2D eigenvalue weighted by Crippen LogP contribution is 2.65. The Bertz CT molecular complexity index is 3820. The summed E-state index contributed by atoms with van der Waals surface area (Å²) in [6.07, 6.45) is 26.3. The van der Waals surface area contributed by atoms with E-state index in [4.69, 9.17) is 47.3 Å². The molecule has 1 saturated heterocycles. The molecule has 6 saturated carbocycles. The van der Waals surface area contributed by atoms with Gasteiger partial charge in [0.05, 0.1) is 18.3 Å². The Morgan fingerprint density at radius 3 is 1.29 bits per heavy atom. The number of nitrogens with zero attached hydrogens (tertiary/aromatic N) is 4. The summed E-state index contributed by atoms with van der Waals surface area (Å²) in [6, 6.07) is 19.6. The Morgan fingerprint density at radius 1 is 0.577 bits per heavy atom. The largest absolute Gasteiger partial charge is 0.397 e. The van der Waals surface area contributed by atoms with Crippen molar-refractivity contribution in [1.82, 2.24) is 20.4 Å². The molecule has 6 spiro atoms. The van der Waals surface area contributed by atoms with E-state index in [-0.39, 0.29) is 78.4 Å². The molecule has 0 aromatic heterocycles. The van der Waals surface area contributed by atoms with Crippen molar-refractivity contribution in [2.75, 3.05) is 35.0 Å². The molecule has 15 rings (SSSR count). The quantitative estimate of drug-likeness (QED) is 0.0730. The molecule has 12 aliphatic rings. The number of hydrogen-bond donors (Lipinski definition) is 5. The Hall–Kier alpha value is -5.59. The summed E-state index contributed by atoms with van der Waals surface area (Å²) in [5.41, 5.74) is 17.8. The molecule has 18 heteroatoms. The number of fused-ring (bicyclic) bond motifs is 9. The topological polar surface area (TPSA) is 206 Å². The Balaban J connectivity index is 0.000000170. The van der Waals surface area contributed by atoms with Crippen LogP contribution in [0.15, 0.2) is 64.6 Å². The third kappa shape index (κ3) is 16.2. The molecule has 3 aromatic carbocycles. The second kappa shape index (κ2) is 35.2. The van der Waals surface area contributed by atoms with Crippen LogP contribution in [-0.2, 0) is 64.5 Å². The molecular weight excluding hydrogens is 1400 g/mol. The Morgan fingerprint density at radius 2 is 0.933 bits per heavy atom. The SMILES string of the molecule is C.CCC(C)Br.CCC(C)N1C(=O)C2(N=C1N)c1cc(C#CC3CC3)ccc1CC21CCC(OC)CC1.CCC(C)SC1=NC2(C(=O)N1C(C)CC)c1cc(C#CC3CC3)ccc1CC21CCC(OC)CC1.CCO.CN.COC1CCC2(CC1)Cc1ccc(C#CC3CC3)cc1C21NC(=S)NC1=O. The first-order valence-corrected chi connectivity index (χ1v) is 41.0. The minimum absolute atomic E-state index is 0. The molecule has 566 valence electrons. The summed E-state index contributed by atoms with van der Waals surface area (Å²) in [7, 11) is 6.88. The van der Waals surface area contributed by atoms with E-state index in [0.717, 1.165) is 154 Å². The van der Waals surface area contributed by atoms with Crippen molar-refractivity contribution in [3.05, 3.63) is 105 Å². The third-order valence-electron chi connectivity index (χ3n) is 24.5. The molecule has 3 heterocycles. The van der Waals surface area contributed by atoms with Crippen LogP contribution in [-0.4, -0.2) is 124 Å². The molecule has 15 nitrogen and oxygen atoms in total. The lowest BCUT2D eigenvalue weighted by Gasteiger charge is -2.46. The summed E-state index contributed by atoms with van der Waals surface area (Å²) in [4.78, 5) is 57.2. The van der Waals surface area contributed by atoms with E-state index in [2.05, 4.69) is 183 Å². The summed E-state index contributed by atoms with van der Waals surface area (Å²) in [6.45, 7) is 19.2. The lowest BCUT2D eigenvalue weighted by molar-refractivity contribution is -0.140. The maximum atomic E-state index is 14.7. The number of aliphatic hydroxyl groups is 1. The highest BCUT2D eigenvalue weighted by atomic mass is 79.9. The van der Waals surface area contributed by atoms with Crippen molar-refractivity contribution in [2.45, 2.75) is 287 Å². The van der Waals surface area contributed by atoms with Gasteiger partial charge in [-0.3, -0.25) is 24.2 Å². The van der Waals surface area contributed by atoms with Gasteiger partial charge >= 0.3 is 0 Å². The van der Waals surface area contributed by atoms with Gasteiger partial charge in [0, 0.05) is 101 Å². The fourth-order valence-corrected chi connectivity index (χ4v) is 18.8. The third-order valence-corrected chi connectivity index (χ3v) is 26.6. The van der Waals surface area contributed by atoms with E-state index in [1.54, 1.807) is 37.8 Å². The van der Waals surface area contributed by atoms with E-state index < -0.39 is 16.6 Å². The number of halogens is 1. The van der Waals surface area contributed by atoms with E-state index in [9.17, 15) is 14.4 Å². The molecule has 0 radical (unpaired) electrons. The normalized spacial score (nSPS) is 30.1. The van der Waals surface area contributed by atoms with Gasteiger partial charge in [-0.15, -0.1) is 0 Å². The van der Waals surface area contributed by atoms with Crippen LogP contribution in [0, 0.1) is 69.5 Å². The molecule has 7 atom stereocenters. The molecular formula is C86H121BrN8O7S2. The molecule has 104 heavy (non-hydrogen) atoms. The van der Waals surface area contributed by atoms with Crippen molar-refractivity contribution < 1.29 is 33.7 Å². The van der Waals surface area contributed by atoms with Crippen LogP contribution in [0.2, 0.25) is 0 Å². The van der Waals surface area contributed by atoms with Crippen LogP contribution >= 0.6 is 39.9 Å². The number of thiocarbonyl (C=S) groups is 1. The van der Waals surface area contributed by atoms with Gasteiger partial charge in [0.1, 0.15) is 0 Å². The average Bonchev–Trinajstić information content (AvgIpc) is 1.53. The fraction of sp³-hybridized carbons (Fsp3) is 0.651. The molecule has 3 aromatic rings. The van der Waals surface area contributed by atoms with Gasteiger partial charge in [-0.1, -0.05) is 130 Å². The van der Waals surface area contributed by atoms with Gasteiger partial charge in [-0.05, 0) is 270 Å². The number of nitrogens with two attached hydrogens (primary N) is 2. The number of alkyl halides is 1. The molecule has 3 aliphatic heterocycles. The maximum Gasteiger partial charge on any atom is 0.262 e. The highest BCUT2D eigenvalue weighted by molar-refractivity contribution is 9.09. The van der Waals surface area contributed by atoms with E-state index in [0.29, 0.717) is 38.9 Å². The standard InChI is InChI=1S/C30H40N2O2S.C26H33N3O2.C22H24N2O2S.C4H9Br.C2H6O.CH5N.CH4/c1-6-20(3)32-27(33)30(31-28(32)35-21(4)7-2)26-18-23(11-10-22-8-9-22)12-13-24(26)19-29(30)16-14-25(34-5)15-17-29;1-4-17(2)29-23(30)26(28-24(29)27)22-15-19(8-7-18-5-6-18)9-10-20(22)16-25(26)13-11-21(31-3)12-14-25;1-26-17-8-10-21(11-9-17)13-16-7-6-15(5-4-14-2-3-14)12-18(16)22(21)19(25)23-20(27)24-22;1-3-4(2)5;1-2-3;1-2;/h12-13,18,20-22,25H,6-9,14-17,19H2,1-5H3;9-10,15,17-18,21H,4-6,11-14,16H2,1-3H3,(H2,27,28);6-7,12,14,17H,2-3,8-11,13H2,1H3,(H2,23,24,25,27);4H,3H2,1-2H3;3H,2H2,1H3;2H2,1H3;1H4. The molecule has 7 unspecified atom stereocenters. The van der Waals surface area contributed by atoms with Crippen LogP contribution in [0.5, 0.6) is 0 Å². The number of hydrogen-bond acceptors (Lipinski definition) is 13. The number of benzene rings is 3. The summed E-state index contributed by atoms with van der Waals surface area (Å²) in [5.74, 6) is 22.5. The highest BCUT2D eigenvalue weighted by Gasteiger charge is 2.70. The maximum absolute atomic E-state index is 14.7. The first-order valence-electron chi connectivity index (χ1n) is 38.8. The number of nitrogens with one attached hydrogen (secondary N) is 2. The Labute approximate surface area is 641 Å². The number of aliphatic hydroxyl groups excluding tert-OH is 1. The van der Waals surface area contributed by atoms with Crippen molar-refractivity contribution in [3.63, 3.8) is 0 Å². The number of ether oxygens (including phenoxy) is 3. The minimum atomic E-state index is -0.925. The van der Waals surface area contributed by atoms with Gasteiger partial charge < -0.3 is 41.4 Å². The number of carbonyl (C=O) groups excluding carboxylic acids is 3. The van der Waals surface area contributed by atoms with E-state index in [1.165, 1.54) is 68.7 Å². The predicted octanol–water partition coefficient (Wildman–Crippen LogP) is 15.2. The van der Waals surface area contributed by atoms with Gasteiger partial charge in [0.25, 0.3) is 17.7 Å². The lowest BCUT2D eigenvalue weighted by atomic mass is 9.61. The van der Waals surface area contributed by atoms with Gasteiger partial charge in [0.2, 0.25) is 0 Å². The van der Waals surface area contributed by atoms with Crippen molar-refractivity contribution in [3.8, 4) is 35.5 Å². The average molecular weight is 1520 g/mol. The zero-order valence-corrected chi connectivity index (χ0v) is 67.1. The monoisotopic (exact) mass is 1520 g/mol. The van der Waals surface area contributed by atoms with Crippen LogP contribution < -0.4 is 22.1 Å². The number of methoxy groups -OCH3 is 3. The first-order chi connectivity index (χ1) is 49.5. The number of carbonyl (C=O) groups is 3. The molecule has 0 bridgehead atoms. The van der Waals surface area contributed by atoms with Crippen molar-refractivity contribution >= 4 is 73.9 Å². The molecule has 7 N–H and O–H groups in total. The van der Waals surface area contributed by atoms with E-state index >= 15 is 0 Å². The second-order valence-electron chi connectivity index (χ2n) is 31.1. The van der Waals surface area contributed by atoms with Crippen LogP contribution in [0.25, 0.3) is 0 Å². The van der Waals surface area contributed by atoms with Crippen LogP contribution in [0.4, 0.5) is 0 Å². The fourth-order valence-electron chi connectivity index (χ4n) is 17.4. The number of guanidine groups is 1. The second-order valence-corrected chi connectivity index (χ2v) is 34.5. The summed E-state index contributed by atoms with van der Waals surface area (Å²) >= 11 is 10.5. The number of amides is 3. The molecule has 9 aliphatic carbocycles. The van der Waals surface area contributed by atoms with Crippen molar-refractivity contribution in [1.29, 1.82) is 0 Å². The minimum Gasteiger partial charge on any atom is -0.397 e. The summed E-state index contributed by atoms with van der Waals surface area (Å²) < 4.78 is 17.0. The zero-order chi connectivity index (χ0) is 74.2. The number of amidine groups is 1. The molecule has 7 fully saturated rings. The first kappa shape index (κ1) is 82.5. The molecule has 3 amide bonds. The predicted molar refractivity (Wildman–Crippen MR) is 431 cm³/mol. The number of aliphatic imine (C=N–C) groups is 2. The van der Waals surface area contributed by atoms with Gasteiger partial charge in [-0.25, -0.2) is 9.98 Å². The van der Waals surface area contributed by atoms with Crippen molar-refractivity contribution in [2.24, 2.45) is 55.5 Å².